The predicted molar refractivity (Wildman–Crippen MR) is 89.2 cm³/mol. The van der Waals surface area contributed by atoms with Crippen molar-refractivity contribution in [1.29, 1.82) is 0 Å². The first kappa shape index (κ1) is 18.6. The van der Waals surface area contributed by atoms with Gasteiger partial charge in [0.15, 0.2) is 0 Å². The van der Waals surface area contributed by atoms with Gasteiger partial charge < -0.3 is 10.6 Å². The van der Waals surface area contributed by atoms with E-state index in [1.807, 2.05) is 31.2 Å². The molecule has 1 aromatic rings. The van der Waals surface area contributed by atoms with E-state index in [4.69, 9.17) is 0 Å². The number of nitrogens with one attached hydrogen (secondary N) is 3. The monoisotopic (exact) mass is 320 g/mol. The van der Waals surface area contributed by atoms with Crippen LogP contribution in [-0.2, 0) is 16.0 Å². The summed E-state index contributed by atoms with van der Waals surface area (Å²) in [5, 5.41) is 7.49. The van der Waals surface area contributed by atoms with E-state index in [1.54, 1.807) is 18.9 Å². The van der Waals surface area contributed by atoms with Gasteiger partial charge in [-0.3, -0.25) is 19.8 Å². The topological polar surface area (TPSA) is 90.5 Å². The average molecular weight is 320 g/mol. The summed E-state index contributed by atoms with van der Waals surface area (Å²) in [6.07, 6.45) is 0.821. The van der Waals surface area contributed by atoms with Crippen LogP contribution in [0.4, 0.5) is 10.5 Å². The highest BCUT2D eigenvalue weighted by Gasteiger charge is 2.13. The zero-order valence-corrected chi connectivity index (χ0v) is 13.8. The number of amides is 4. The molecule has 7 heteroatoms. The van der Waals surface area contributed by atoms with E-state index in [0.29, 0.717) is 6.54 Å². The number of imide groups is 1. The third-order valence-electron chi connectivity index (χ3n) is 3.09. The molecule has 0 aliphatic carbocycles. The maximum absolute atomic E-state index is 12.0. The standard InChI is InChI=1S/C16H24N4O3/c1-4-12-8-6-7-9-13(12)18-14(21)10-20(3)11-15(22)19-16(23)17-5-2/h6-9H,4-5,10-11H2,1-3H3,(H,18,21)(H2,17,19,22,23). The zero-order chi connectivity index (χ0) is 17.2. The van der Waals surface area contributed by atoms with E-state index >= 15 is 0 Å². The van der Waals surface area contributed by atoms with Crippen molar-refractivity contribution in [2.24, 2.45) is 0 Å². The molecule has 0 saturated carbocycles. The summed E-state index contributed by atoms with van der Waals surface area (Å²) < 4.78 is 0. The number of urea groups is 1. The number of aryl methyl sites for hydroxylation is 1. The Bertz CT molecular complexity index is 560. The number of nitrogens with zero attached hydrogens (tertiary/aromatic N) is 1. The lowest BCUT2D eigenvalue weighted by Gasteiger charge is -2.16. The molecule has 0 aromatic heterocycles. The lowest BCUT2D eigenvalue weighted by atomic mass is 10.1. The summed E-state index contributed by atoms with van der Waals surface area (Å²) in [6.45, 7) is 4.23. The summed E-state index contributed by atoms with van der Waals surface area (Å²) in [7, 11) is 1.64. The first-order valence-corrected chi connectivity index (χ1v) is 7.60. The Morgan fingerprint density at radius 1 is 1.04 bits per heavy atom. The smallest absolute Gasteiger partial charge is 0.321 e. The van der Waals surface area contributed by atoms with E-state index in [1.165, 1.54) is 0 Å². The number of carbonyl (C=O) groups is 3. The lowest BCUT2D eigenvalue weighted by Crippen LogP contribution is -2.44. The average Bonchev–Trinajstić information content (AvgIpc) is 2.47. The molecular weight excluding hydrogens is 296 g/mol. The maximum Gasteiger partial charge on any atom is 0.321 e. The van der Waals surface area contributed by atoms with Crippen LogP contribution >= 0.6 is 0 Å². The van der Waals surface area contributed by atoms with Crippen molar-refractivity contribution < 1.29 is 14.4 Å². The highest BCUT2D eigenvalue weighted by molar-refractivity contribution is 5.96. The van der Waals surface area contributed by atoms with Crippen molar-refractivity contribution in [2.75, 3.05) is 32.0 Å². The van der Waals surface area contributed by atoms with Crippen LogP contribution in [0.1, 0.15) is 19.4 Å². The van der Waals surface area contributed by atoms with Crippen LogP contribution in [0.15, 0.2) is 24.3 Å². The molecule has 0 heterocycles. The second-order valence-electron chi connectivity index (χ2n) is 5.14. The quantitative estimate of drug-likeness (QED) is 0.698. The number of carbonyl (C=O) groups excluding carboxylic acids is 3. The molecule has 0 aliphatic rings. The number of likely N-dealkylation sites (N-methyl/N-ethyl adjacent to an activating group) is 1. The summed E-state index contributed by atoms with van der Waals surface area (Å²) in [6, 6.07) is 7.05. The second-order valence-corrected chi connectivity index (χ2v) is 5.14. The molecule has 3 N–H and O–H groups in total. The van der Waals surface area contributed by atoms with E-state index in [2.05, 4.69) is 16.0 Å². The van der Waals surface area contributed by atoms with Crippen molar-refractivity contribution >= 4 is 23.5 Å². The Balaban J connectivity index is 2.44. The Morgan fingerprint density at radius 2 is 1.70 bits per heavy atom. The molecule has 23 heavy (non-hydrogen) atoms. The Hall–Kier alpha value is -2.41. The number of rotatable bonds is 7. The SMILES string of the molecule is CCNC(=O)NC(=O)CN(C)CC(=O)Nc1ccccc1CC. The molecule has 0 saturated heterocycles. The lowest BCUT2D eigenvalue weighted by molar-refractivity contribution is -0.122. The molecule has 0 unspecified atom stereocenters. The van der Waals surface area contributed by atoms with Gasteiger partial charge in [-0.15, -0.1) is 0 Å². The fourth-order valence-electron chi connectivity index (χ4n) is 2.06. The van der Waals surface area contributed by atoms with E-state index < -0.39 is 11.9 Å². The van der Waals surface area contributed by atoms with Crippen LogP contribution < -0.4 is 16.0 Å². The van der Waals surface area contributed by atoms with Crippen molar-refractivity contribution in [3.63, 3.8) is 0 Å². The maximum atomic E-state index is 12.0. The van der Waals surface area contributed by atoms with Gasteiger partial charge in [-0.1, -0.05) is 25.1 Å². The number of hydrogen-bond donors (Lipinski definition) is 3. The molecule has 0 spiro atoms. The summed E-state index contributed by atoms with van der Waals surface area (Å²) in [5.74, 6) is -0.667. The Labute approximate surface area is 136 Å². The van der Waals surface area contributed by atoms with Gasteiger partial charge in [-0.25, -0.2) is 4.79 Å². The number of benzene rings is 1. The normalized spacial score (nSPS) is 10.3. The van der Waals surface area contributed by atoms with Crippen LogP contribution in [0.2, 0.25) is 0 Å². The van der Waals surface area contributed by atoms with Gasteiger partial charge in [-0.2, -0.15) is 0 Å². The molecule has 126 valence electrons. The highest BCUT2D eigenvalue weighted by atomic mass is 16.2. The Kier molecular flexibility index (Phi) is 7.76. The minimum atomic E-state index is -0.535. The number of hydrogen-bond acceptors (Lipinski definition) is 4. The largest absolute Gasteiger partial charge is 0.338 e. The number of anilines is 1. The first-order chi connectivity index (χ1) is 11.0. The fraction of sp³-hybridized carbons (Fsp3) is 0.438. The van der Waals surface area contributed by atoms with Crippen LogP contribution in [0.5, 0.6) is 0 Å². The molecule has 0 fully saturated rings. The van der Waals surface area contributed by atoms with Crippen LogP contribution in [0, 0.1) is 0 Å². The molecule has 0 aliphatic heterocycles. The van der Waals surface area contributed by atoms with Gasteiger partial charge in [0.1, 0.15) is 0 Å². The first-order valence-electron chi connectivity index (χ1n) is 7.60. The van der Waals surface area contributed by atoms with Gasteiger partial charge in [-0.05, 0) is 32.0 Å². The molecule has 0 bridgehead atoms. The molecule has 0 radical (unpaired) electrons. The van der Waals surface area contributed by atoms with Gasteiger partial charge in [0.25, 0.3) is 0 Å². The molecule has 4 amide bonds. The van der Waals surface area contributed by atoms with Crippen molar-refractivity contribution in [3.8, 4) is 0 Å². The van der Waals surface area contributed by atoms with Gasteiger partial charge >= 0.3 is 6.03 Å². The van der Waals surface area contributed by atoms with Crippen molar-refractivity contribution in [1.82, 2.24) is 15.5 Å². The van der Waals surface area contributed by atoms with Gasteiger partial charge in [0, 0.05) is 12.2 Å². The van der Waals surface area contributed by atoms with Crippen LogP contribution in [-0.4, -0.2) is 49.4 Å². The minimum absolute atomic E-state index is 0.0417. The summed E-state index contributed by atoms with van der Waals surface area (Å²) in [5.41, 5.74) is 1.83. The fourth-order valence-corrected chi connectivity index (χ4v) is 2.06. The third kappa shape index (κ3) is 6.92. The molecular formula is C16H24N4O3. The molecule has 7 nitrogen and oxygen atoms in total. The van der Waals surface area contributed by atoms with E-state index in [9.17, 15) is 14.4 Å². The second kappa shape index (κ2) is 9.58. The summed E-state index contributed by atoms with van der Waals surface area (Å²) in [4.78, 5) is 36.4. The van der Waals surface area contributed by atoms with Crippen LogP contribution in [0.25, 0.3) is 0 Å². The van der Waals surface area contributed by atoms with Gasteiger partial charge in [0.05, 0.1) is 13.1 Å². The Morgan fingerprint density at radius 3 is 2.35 bits per heavy atom. The third-order valence-corrected chi connectivity index (χ3v) is 3.09. The van der Waals surface area contributed by atoms with Gasteiger partial charge in [0.2, 0.25) is 11.8 Å². The van der Waals surface area contributed by atoms with Crippen molar-refractivity contribution in [3.05, 3.63) is 29.8 Å². The molecule has 1 rings (SSSR count). The molecule has 1 aromatic carbocycles. The van der Waals surface area contributed by atoms with E-state index in [0.717, 1.165) is 17.7 Å². The van der Waals surface area contributed by atoms with E-state index in [-0.39, 0.29) is 19.0 Å². The molecule has 0 atom stereocenters. The minimum Gasteiger partial charge on any atom is -0.338 e. The zero-order valence-electron chi connectivity index (χ0n) is 13.8. The highest BCUT2D eigenvalue weighted by Crippen LogP contribution is 2.15. The van der Waals surface area contributed by atoms with Crippen molar-refractivity contribution in [2.45, 2.75) is 20.3 Å². The number of para-hydroxylation sites is 1. The predicted octanol–water partition coefficient (Wildman–Crippen LogP) is 0.965. The summed E-state index contributed by atoms with van der Waals surface area (Å²) >= 11 is 0. The van der Waals surface area contributed by atoms with Crippen LogP contribution in [0.3, 0.4) is 0 Å².